The molecule has 0 saturated carbocycles. The third kappa shape index (κ3) is 1.97. The number of hydrogen-bond donors (Lipinski definition) is 0. The van der Waals surface area contributed by atoms with Crippen LogP contribution in [0.1, 0.15) is 30.6 Å². The van der Waals surface area contributed by atoms with Gasteiger partial charge in [0, 0.05) is 50.3 Å². The summed E-state index contributed by atoms with van der Waals surface area (Å²) in [5.74, 6) is 0. The Morgan fingerprint density at radius 2 is 2.28 bits per heavy atom. The molecular weight excluding hydrogens is 224 g/mol. The average Bonchev–Trinajstić information content (AvgIpc) is 2.98. The van der Waals surface area contributed by atoms with E-state index < -0.39 is 0 Å². The zero-order valence-corrected chi connectivity index (χ0v) is 11.1. The lowest BCUT2D eigenvalue weighted by Gasteiger charge is -2.36. The van der Waals surface area contributed by atoms with Gasteiger partial charge >= 0.3 is 0 Å². The second-order valence-corrected chi connectivity index (χ2v) is 5.04. The van der Waals surface area contributed by atoms with Crippen LogP contribution in [0, 0.1) is 0 Å². The van der Waals surface area contributed by atoms with Crippen molar-refractivity contribution in [2.24, 2.45) is 7.05 Å². The summed E-state index contributed by atoms with van der Waals surface area (Å²) in [6.45, 7) is 5.48. The van der Waals surface area contributed by atoms with Gasteiger partial charge in [-0.15, -0.1) is 0 Å². The molecule has 1 aliphatic heterocycles. The zero-order chi connectivity index (χ0) is 12.5. The normalized spacial score (nSPS) is 20.0. The highest BCUT2D eigenvalue weighted by Gasteiger charge is 2.25. The fourth-order valence-corrected chi connectivity index (χ4v) is 2.96. The largest absolute Gasteiger partial charge is 0.349 e. The SMILES string of the molecule is CCC1c2cccn2CCN1Cc1cnn(C)c1. The van der Waals surface area contributed by atoms with Gasteiger partial charge in [-0.25, -0.2) is 0 Å². The van der Waals surface area contributed by atoms with Crippen LogP contribution in [0.25, 0.3) is 0 Å². The summed E-state index contributed by atoms with van der Waals surface area (Å²) in [4.78, 5) is 2.56. The molecule has 0 N–H and O–H groups in total. The summed E-state index contributed by atoms with van der Waals surface area (Å²) in [6, 6.07) is 4.95. The van der Waals surface area contributed by atoms with Crippen LogP contribution in [-0.4, -0.2) is 25.8 Å². The molecule has 1 atom stereocenters. The summed E-state index contributed by atoms with van der Waals surface area (Å²) >= 11 is 0. The standard InChI is InChI=1S/C14H20N4/c1-3-13-14-5-4-6-17(14)7-8-18(13)11-12-9-15-16(2)10-12/h4-6,9-10,13H,3,7-8,11H2,1-2H3. The number of aromatic nitrogens is 3. The first kappa shape index (κ1) is 11.5. The first-order valence-corrected chi connectivity index (χ1v) is 6.64. The average molecular weight is 244 g/mol. The molecule has 0 amide bonds. The highest BCUT2D eigenvalue weighted by molar-refractivity contribution is 5.15. The molecule has 3 heterocycles. The van der Waals surface area contributed by atoms with Gasteiger partial charge in [0.25, 0.3) is 0 Å². The number of rotatable bonds is 3. The molecule has 4 nitrogen and oxygen atoms in total. The lowest BCUT2D eigenvalue weighted by atomic mass is 10.1. The lowest BCUT2D eigenvalue weighted by Crippen LogP contribution is -2.36. The zero-order valence-electron chi connectivity index (χ0n) is 11.1. The van der Waals surface area contributed by atoms with Crippen LogP contribution >= 0.6 is 0 Å². The minimum atomic E-state index is 0.536. The number of aryl methyl sites for hydroxylation is 1. The van der Waals surface area contributed by atoms with Gasteiger partial charge < -0.3 is 4.57 Å². The van der Waals surface area contributed by atoms with E-state index in [1.165, 1.54) is 11.3 Å². The number of hydrogen-bond acceptors (Lipinski definition) is 2. The summed E-state index contributed by atoms with van der Waals surface area (Å²) in [7, 11) is 1.97. The second kappa shape index (κ2) is 4.61. The van der Waals surface area contributed by atoms with Crippen molar-refractivity contribution in [2.75, 3.05) is 6.54 Å². The topological polar surface area (TPSA) is 26.0 Å². The maximum Gasteiger partial charge on any atom is 0.0534 e. The fraction of sp³-hybridized carbons (Fsp3) is 0.500. The van der Waals surface area contributed by atoms with Crippen molar-refractivity contribution in [3.05, 3.63) is 42.0 Å². The molecule has 0 fully saturated rings. The quantitative estimate of drug-likeness (QED) is 0.827. The Morgan fingerprint density at radius 1 is 1.39 bits per heavy atom. The predicted molar refractivity (Wildman–Crippen MR) is 71.1 cm³/mol. The molecule has 2 aromatic heterocycles. The molecule has 3 rings (SSSR count). The van der Waals surface area contributed by atoms with Crippen LogP contribution in [-0.2, 0) is 20.1 Å². The van der Waals surface area contributed by atoms with E-state index >= 15 is 0 Å². The van der Waals surface area contributed by atoms with Crippen molar-refractivity contribution in [3.63, 3.8) is 0 Å². The minimum Gasteiger partial charge on any atom is -0.349 e. The van der Waals surface area contributed by atoms with Crippen molar-refractivity contribution in [1.29, 1.82) is 0 Å². The monoisotopic (exact) mass is 244 g/mol. The highest BCUT2D eigenvalue weighted by Crippen LogP contribution is 2.29. The van der Waals surface area contributed by atoms with E-state index in [9.17, 15) is 0 Å². The van der Waals surface area contributed by atoms with Gasteiger partial charge in [0.2, 0.25) is 0 Å². The molecule has 18 heavy (non-hydrogen) atoms. The van der Waals surface area contributed by atoms with Crippen LogP contribution < -0.4 is 0 Å². The van der Waals surface area contributed by atoms with Crippen molar-refractivity contribution in [2.45, 2.75) is 32.5 Å². The van der Waals surface area contributed by atoms with Crippen molar-refractivity contribution < 1.29 is 0 Å². The molecule has 2 aromatic rings. The Balaban J connectivity index is 1.81. The number of nitrogens with zero attached hydrogens (tertiary/aromatic N) is 4. The Bertz CT molecular complexity index is 525. The molecule has 0 bridgehead atoms. The summed E-state index contributed by atoms with van der Waals surface area (Å²) in [6.07, 6.45) is 7.43. The Morgan fingerprint density at radius 3 is 3.00 bits per heavy atom. The predicted octanol–water partition coefficient (Wildman–Crippen LogP) is 2.19. The Hall–Kier alpha value is -1.55. The van der Waals surface area contributed by atoms with Gasteiger partial charge in [-0.05, 0) is 18.6 Å². The minimum absolute atomic E-state index is 0.536. The Labute approximate surface area is 108 Å². The van der Waals surface area contributed by atoms with Gasteiger partial charge in [-0.1, -0.05) is 6.92 Å². The van der Waals surface area contributed by atoms with E-state index in [0.717, 1.165) is 26.1 Å². The summed E-state index contributed by atoms with van der Waals surface area (Å²) in [5.41, 5.74) is 2.75. The van der Waals surface area contributed by atoms with Gasteiger partial charge in [-0.3, -0.25) is 9.58 Å². The van der Waals surface area contributed by atoms with Crippen LogP contribution in [0.2, 0.25) is 0 Å². The summed E-state index contributed by atoms with van der Waals surface area (Å²) < 4.78 is 4.26. The molecule has 4 heteroatoms. The molecule has 0 saturated heterocycles. The maximum atomic E-state index is 4.25. The van der Waals surface area contributed by atoms with Gasteiger partial charge in [0.15, 0.2) is 0 Å². The first-order chi connectivity index (χ1) is 8.78. The van der Waals surface area contributed by atoms with E-state index in [1.807, 2.05) is 17.9 Å². The molecular formula is C14H20N4. The summed E-state index contributed by atoms with van der Waals surface area (Å²) in [5, 5.41) is 4.25. The van der Waals surface area contributed by atoms with E-state index in [1.54, 1.807) is 0 Å². The van der Waals surface area contributed by atoms with Crippen molar-refractivity contribution in [1.82, 2.24) is 19.2 Å². The van der Waals surface area contributed by atoms with Crippen LogP contribution in [0.15, 0.2) is 30.7 Å². The van der Waals surface area contributed by atoms with Crippen molar-refractivity contribution >= 4 is 0 Å². The lowest BCUT2D eigenvalue weighted by molar-refractivity contribution is 0.144. The molecule has 1 unspecified atom stereocenters. The van der Waals surface area contributed by atoms with Gasteiger partial charge in [0.05, 0.1) is 12.2 Å². The molecule has 1 aliphatic rings. The third-order valence-electron chi connectivity index (χ3n) is 3.81. The fourth-order valence-electron chi connectivity index (χ4n) is 2.96. The highest BCUT2D eigenvalue weighted by atomic mass is 15.3. The number of fused-ring (bicyclic) bond motifs is 1. The molecule has 0 aromatic carbocycles. The van der Waals surface area contributed by atoms with E-state index in [0.29, 0.717) is 6.04 Å². The first-order valence-electron chi connectivity index (χ1n) is 6.64. The molecule has 0 spiro atoms. The van der Waals surface area contributed by atoms with Crippen LogP contribution in [0.5, 0.6) is 0 Å². The molecule has 96 valence electrons. The van der Waals surface area contributed by atoms with Crippen LogP contribution in [0.3, 0.4) is 0 Å². The third-order valence-corrected chi connectivity index (χ3v) is 3.81. The van der Waals surface area contributed by atoms with Crippen molar-refractivity contribution in [3.8, 4) is 0 Å². The van der Waals surface area contributed by atoms with E-state index in [4.69, 9.17) is 0 Å². The smallest absolute Gasteiger partial charge is 0.0534 e. The molecule has 0 radical (unpaired) electrons. The molecule has 0 aliphatic carbocycles. The van der Waals surface area contributed by atoms with Gasteiger partial charge in [0.1, 0.15) is 0 Å². The van der Waals surface area contributed by atoms with Crippen LogP contribution in [0.4, 0.5) is 0 Å². The van der Waals surface area contributed by atoms with E-state index in [-0.39, 0.29) is 0 Å². The second-order valence-electron chi connectivity index (χ2n) is 5.04. The van der Waals surface area contributed by atoms with Gasteiger partial charge in [-0.2, -0.15) is 5.10 Å². The van der Waals surface area contributed by atoms with E-state index in [2.05, 4.69) is 46.0 Å². The maximum absolute atomic E-state index is 4.25. The Kier molecular flexibility index (Phi) is 2.96.